The zero-order chi connectivity index (χ0) is 15.9. The minimum atomic E-state index is 0.545. The molecule has 0 fully saturated rings. The highest BCUT2D eigenvalue weighted by atomic mass is 16.5. The Morgan fingerprint density at radius 2 is 1.57 bits per heavy atom. The van der Waals surface area contributed by atoms with Crippen molar-refractivity contribution in [3.05, 3.63) is 72.3 Å². The van der Waals surface area contributed by atoms with Gasteiger partial charge in [-0.05, 0) is 23.4 Å². The Morgan fingerprint density at radius 3 is 2.39 bits per heavy atom. The Hall–Kier alpha value is -2.48. The number of hydrogen-bond acceptors (Lipinski definition) is 2. The molecule has 0 heterocycles. The summed E-state index contributed by atoms with van der Waals surface area (Å²) in [7, 11) is 0. The number of unbranched alkanes of at least 4 members (excludes halogenated alkanes) is 1. The topological polar surface area (TPSA) is 18.5 Å². The van der Waals surface area contributed by atoms with Crippen LogP contribution in [0, 0.1) is 0 Å². The van der Waals surface area contributed by atoms with Crippen LogP contribution >= 0.6 is 0 Å². The Labute approximate surface area is 137 Å². The molecule has 3 aromatic rings. The summed E-state index contributed by atoms with van der Waals surface area (Å²) in [6, 6.07) is 22.6. The Balaban J connectivity index is 1.86. The molecule has 0 N–H and O–H groups in total. The highest BCUT2D eigenvalue weighted by molar-refractivity contribution is 5.90. The quantitative estimate of drug-likeness (QED) is 0.529. The van der Waals surface area contributed by atoms with Crippen molar-refractivity contribution in [2.24, 2.45) is 0 Å². The average Bonchev–Trinajstić information content (AvgIpc) is 2.62. The molecular formula is C21H22O2. The van der Waals surface area contributed by atoms with Crippen LogP contribution < -0.4 is 9.47 Å². The van der Waals surface area contributed by atoms with Gasteiger partial charge in [-0.3, -0.25) is 0 Å². The molecule has 0 spiro atoms. The fraction of sp³-hybridized carbons (Fsp3) is 0.238. The summed E-state index contributed by atoms with van der Waals surface area (Å²) in [6.45, 7) is 3.43. The van der Waals surface area contributed by atoms with Crippen molar-refractivity contribution in [2.45, 2.75) is 26.4 Å². The van der Waals surface area contributed by atoms with Crippen LogP contribution in [0.5, 0.6) is 11.5 Å². The molecule has 118 valence electrons. The SMILES string of the molecule is CCCCOc1c(OCc2ccccc2)ccc2ccccc12. The summed E-state index contributed by atoms with van der Waals surface area (Å²) in [5.41, 5.74) is 1.15. The van der Waals surface area contributed by atoms with Crippen LogP contribution in [0.2, 0.25) is 0 Å². The highest BCUT2D eigenvalue weighted by Crippen LogP contribution is 2.36. The Kier molecular flexibility index (Phi) is 5.15. The number of ether oxygens (including phenoxy) is 2. The van der Waals surface area contributed by atoms with Crippen LogP contribution in [0.1, 0.15) is 25.3 Å². The van der Waals surface area contributed by atoms with E-state index in [-0.39, 0.29) is 0 Å². The van der Waals surface area contributed by atoms with E-state index in [0.717, 1.165) is 35.3 Å². The molecule has 0 unspecified atom stereocenters. The minimum Gasteiger partial charge on any atom is -0.489 e. The third kappa shape index (κ3) is 3.84. The maximum Gasteiger partial charge on any atom is 0.168 e. The van der Waals surface area contributed by atoms with Crippen molar-refractivity contribution < 1.29 is 9.47 Å². The first-order valence-electron chi connectivity index (χ1n) is 8.19. The summed E-state index contributed by atoms with van der Waals surface area (Å²) in [4.78, 5) is 0. The molecule has 0 radical (unpaired) electrons. The molecule has 0 atom stereocenters. The van der Waals surface area contributed by atoms with Crippen LogP contribution in [0.3, 0.4) is 0 Å². The van der Waals surface area contributed by atoms with Crippen molar-refractivity contribution in [3.63, 3.8) is 0 Å². The van der Waals surface area contributed by atoms with Gasteiger partial charge in [0.1, 0.15) is 6.61 Å². The third-order valence-corrected chi connectivity index (χ3v) is 3.82. The lowest BCUT2D eigenvalue weighted by atomic mass is 10.1. The van der Waals surface area contributed by atoms with Gasteiger partial charge in [-0.25, -0.2) is 0 Å². The summed E-state index contributed by atoms with van der Waals surface area (Å²) in [6.07, 6.45) is 2.16. The summed E-state index contributed by atoms with van der Waals surface area (Å²) in [5, 5.41) is 2.28. The first-order valence-corrected chi connectivity index (χ1v) is 8.19. The molecule has 0 aromatic heterocycles. The molecule has 0 aliphatic carbocycles. The second-order valence-corrected chi connectivity index (χ2v) is 5.59. The van der Waals surface area contributed by atoms with E-state index in [1.54, 1.807) is 0 Å². The molecule has 0 saturated heterocycles. The van der Waals surface area contributed by atoms with Gasteiger partial charge in [0.25, 0.3) is 0 Å². The maximum atomic E-state index is 6.05. The highest BCUT2D eigenvalue weighted by Gasteiger charge is 2.10. The molecule has 0 amide bonds. The number of benzene rings is 3. The van der Waals surface area contributed by atoms with Gasteiger partial charge in [0.15, 0.2) is 11.5 Å². The van der Waals surface area contributed by atoms with Crippen LogP contribution in [-0.4, -0.2) is 6.61 Å². The van der Waals surface area contributed by atoms with Crippen LogP contribution in [0.4, 0.5) is 0 Å². The Morgan fingerprint density at radius 1 is 0.783 bits per heavy atom. The first kappa shape index (κ1) is 15.4. The zero-order valence-electron chi connectivity index (χ0n) is 13.5. The molecule has 3 rings (SSSR count). The summed E-state index contributed by atoms with van der Waals surface area (Å²) < 4.78 is 12.1. The summed E-state index contributed by atoms with van der Waals surface area (Å²) >= 11 is 0. The van der Waals surface area contributed by atoms with Crippen molar-refractivity contribution in [1.29, 1.82) is 0 Å². The molecule has 0 aliphatic rings. The van der Waals surface area contributed by atoms with Gasteiger partial charge in [-0.1, -0.05) is 74.0 Å². The van der Waals surface area contributed by atoms with Crippen LogP contribution in [-0.2, 0) is 6.61 Å². The maximum absolute atomic E-state index is 6.05. The fourth-order valence-electron chi connectivity index (χ4n) is 2.54. The van der Waals surface area contributed by atoms with Gasteiger partial charge in [-0.2, -0.15) is 0 Å². The van der Waals surface area contributed by atoms with Gasteiger partial charge in [-0.15, -0.1) is 0 Å². The lowest BCUT2D eigenvalue weighted by Gasteiger charge is -2.15. The number of rotatable bonds is 7. The van der Waals surface area contributed by atoms with E-state index in [4.69, 9.17) is 9.47 Å². The summed E-state index contributed by atoms with van der Waals surface area (Å²) in [5.74, 6) is 1.66. The molecule has 0 aliphatic heterocycles. The van der Waals surface area contributed by atoms with E-state index in [2.05, 4.69) is 37.3 Å². The molecule has 0 bridgehead atoms. The van der Waals surface area contributed by atoms with Crippen molar-refractivity contribution >= 4 is 10.8 Å². The van der Waals surface area contributed by atoms with E-state index >= 15 is 0 Å². The Bertz CT molecular complexity index is 750. The normalized spacial score (nSPS) is 10.7. The molecule has 2 heteroatoms. The lowest BCUT2D eigenvalue weighted by molar-refractivity contribution is 0.261. The molecule has 23 heavy (non-hydrogen) atoms. The number of fused-ring (bicyclic) bond motifs is 1. The molecular weight excluding hydrogens is 284 g/mol. The van der Waals surface area contributed by atoms with Crippen molar-refractivity contribution in [1.82, 2.24) is 0 Å². The van der Waals surface area contributed by atoms with Gasteiger partial charge in [0.2, 0.25) is 0 Å². The van der Waals surface area contributed by atoms with E-state index < -0.39 is 0 Å². The average molecular weight is 306 g/mol. The third-order valence-electron chi connectivity index (χ3n) is 3.82. The monoisotopic (exact) mass is 306 g/mol. The second kappa shape index (κ2) is 7.68. The van der Waals surface area contributed by atoms with Crippen LogP contribution in [0.15, 0.2) is 66.7 Å². The predicted molar refractivity (Wildman–Crippen MR) is 95.1 cm³/mol. The predicted octanol–water partition coefficient (Wildman–Crippen LogP) is 5.60. The van der Waals surface area contributed by atoms with Gasteiger partial charge in [0, 0.05) is 5.39 Å². The largest absolute Gasteiger partial charge is 0.489 e. The van der Waals surface area contributed by atoms with E-state index in [9.17, 15) is 0 Å². The van der Waals surface area contributed by atoms with Gasteiger partial charge >= 0.3 is 0 Å². The van der Waals surface area contributed by atoms with Crippen molar-refractivity contribution in [3.8, 4) is 11.5 Å². The smallest absolute Gasteiger partial charge is 0.168 e. The van der Waals surface area contributed by atoms with Gasteiger partial charge in [0.05, 0.1) is 6.61 Å². The van der Waals surface area contributed by atoms with Crippen LogP contribution in [0.25, 0.3) is 10.8 Å². The minimum absolute atomic E-state index is 0.545. The van der Waals surface area contributed by atoms with E-state index in [1.807, 2.05) is 36.4 Å². The number of hydrogen-bond donors (Lipinski definition) is 0. The molecule has 2 nitrogen and oxygen atoms in total. The fourth-order valence-corrected chi connectivity index (χ4v) is 2.54. The van der Waals surface area contributed by atoms with Gasteiger partial charge < -0.3 is 9.47 Å². The second-order valence-electron chi connectivity index (χ2n) is 5.59. The molecule has 3 aromatic carbocycles. The zero-order valence-corrected chi connectivity index (χ0v) is 13.5. The standard InChI is InChI=1S/C21H22O2/c1-2-3-15-22-21-19-12-8-7-11-18(19)13-14-20(21)23-16-17-9-5-4-6-10-17/h4-14H,2-3,15-16H2,1H3. The van der Waals surface area contributed by atoms with Crippen molar-refractivity contribution in [2.75, 3.05) is 6.61 Å². The van der Waals surface area contributed by atoms with E-state index in [1.165, 1.54) is 5.39 Å². The lowest BCUT2D eigenvalue weighted by Crippen LogP contribution is -2.02. The molecule has 0 saturated carbocycles. The van der Waals surface area contributed by atoms with E-state index in [0.29, 0.717) is 13.2 Å². The first-order chi connectivity index (χ1) is 11.4.